The molecule has 4 nitrogen and oxygen atoms in total. The minimum atomic E-state index is -0.452. The second-order valence-corrected chi connectivity index (χ2v) is 4.41. The normalized spacial score (nSPS) is 14.5. The van der Waals surface area contributed by atoms with Gasteiger partial charge in [0.1, 0.15) is 11.5 Å². The van der Waals surface area contributed by atoms with Gasteiger partial charge in [0, 0.05) is 17.9 Å². The minimum absolute atomic E-state index is 0.452. The Bertz CT molecular complexity index is 633. The summed E-state index contributed by atoms with van der Waals surface area (Å²) in [4.78, 5) is 0. The van der Waals surface area contributed by atoms with Crippen LogP contribution >= 0.6 is 0 Å². The quantitative estimate of drug-likeness (QED) is 0.766. The van der Waals surface area contributed by atoms with Crippen molar-refractivity contribution in [2.45, 2.75) is 6.92 Å². The fraction of sp³-hybridized carbons (Fsp3) is 0.0714. The molecule has 2 heterocycles. The third kappa shape index (κ3) is 2.03. The molecule has 0 N–H and O–H groups in total. The Morgan fingerprint density at radius 2 is 1.95 bits per heavy atom. The van der Waals surface area contributed by atoms with Crippen molar-refractivity contribution >= 4 is 12.6 Å². The third-order valence-electron chi connectivity index (χ3n) is 3.09. The predicted molar refractivity (Wildman–Crippen MR) is 74.1 cm³/mol. The summed E-state index contributed by atoms with van der Waals surface area (Å²) >= 11 is 0. The number of benzene rings is 1. The van der Waals surface area contributed by atoms with Gasteiger partial charge in [-0.05, 0) is 30.7 Å². The summed E-state index contributed by atoms with van der Waals surface area (Å²) < 4.78 is 12.9. The van der Waals surface area contributed by atoms with E-state index >= 15 is 0 Å². The molecular weight excluding hydrogens is 239 g/mol. The monoisotopic (exact) mass is 252 g/mol. The van der Waals surface area contributed by atoms with Gasteiger partial charge in [-0.2, -0.15) is 5.10 Å². The van der Waals surface area contributed by atoms with Crippen molar-refractivity contribution in [3.63, 3.8) is 0 Å². The van der Waals surface area contributed by atoms with Gasteiger partial charge in [0.25, 0.3) is 0 Å². The molecule has 1 fully saturated rings. The number of aryl methyl sites for hydroxylation is 1. The van der Waals surface area contributed by atoms with E-state index in [0.29, 0.717) is 11.5 Å². The van der Waals surface area contributed by atoms with Crippen LogP contribution in [0.3, 0.4) is 0 Å². The number of hydrogen-bond acceptors (Lipinski definition) is 3. The van der Waals surface area contributed by atoms with Gasteiger partial charge in [-0.1, -0.05) is 19.2 Å². The van der Waals surface area contributed by atoms with E-state index in [0.717, 1.165) is 16.7 Å². The summed E-state index contributed by atoms with van der Waals surface area (Å²) in [5.41, 5.74) is 3.04. The molecule has 1 aromatic carbocycles. The van der Waals surface area contributed by atoms with Crippen LogP contribution in [0.1, 0.15) is 5.56 Å². The van der Waals surface area contributed by atoms with E-state index < -0.39 is 7.12 Å². The average Bonchev–Trinajstić information content (AvgIpc) is 3.00. The maximum atomic E-state index is 5.53. The van der Waals surface area contributed by atoms with E-state index in [2.05, 4.69) is 18.3 Å². The number of rotatable bonds is 2. The first kappa shape index (κ1) is 11.7. The molecule has 1 aromatic heterocycles. The van der Waals surface area contributed by atoms with Gasteiger partial charge in [0.2, 0.25) is 0 Å². The van der Waals surface area contributed by atoms with E-state index in [1.165, 1.54) is 0 Å². The van der Waals surface area contributed by atoms with Crippen LogP contribution in [0.2, 0.25) is 0 Å². The average molecular weight is 252 g/mol. The summed E-state index contributed by atoms with van der Waals surface area (Å²) in [7, 11) is -0.452. The molecular formula is C14H13BN2O2. The SMILES string of the molecule is C=C1OB(c2ccc(-n3cccn3)cc2C)OC1=C. The molecule has 2 aromatic rings. The molecule has 1 saturated heterocycles. The Labute approximate surface area is 112 Å². The highest BCUT2D eigenvalue weighted by Crippen LogP contribution is 2.21. The lowest BCUT2D eigenvalue weighted by atomic mass is 9.76. The Morgan fingerprint density at radius 3 is 2.53 bits per heavy atom. The molecule has 0 atom stereocenters. The molecule has 19 heavy (non-hydrogen) atoms. The highest BCUT2D eigenvalue weighted by molar-refractivity contribution is 6.63. The van der Waals surface area contributed by atoms with Crippen molar-refractivity contribution in [3.05, 3.63) is 66.9 Å². The number of nitrogens with zero attached hydrogens (tertiary/aromatic N) is 2. The van der Waals surface area contributed by atoms with Crippen molar-refractivity contribution in [2.75, 3.05) is 0 Å². The summed E-state index contributed by atoms with van der Waals surface area (Å²) in [5.74, 6) is 0.973. The van der Waals surface area contributed by atoms with Crippen LogP contribution in [0.4, 0.5) is 0 Å². The van der Waals surface area contributed by atoms with Crippen LogP contribution in [0.25, 0.3) is 5.69 Å². The smallest absolute Gasteiger partial charge is 0.520 e. The number of hydrogen-bond donors (Lipinski definition) is 0. The Kier molecular flexibility index (Phi) is 2.67. The zero-order chi connectivity index (χ0) is 13.4. The number of aromatic nitrogens is 2. The van der Waals surface area contributed by atoms with Crippen molar-refractivity contribution in [1.82, 2.24) is 9.78 Å². The minimum Gasteiger partial charge on any atom is -0.520 e. The molecule has 0 saturated carbocycles. The molecule has 94 valence electrons. The largest absolute Gasteiger partial charge is 0.633 e. The zero-order valence-corrected chi connectivity index (χ0v) is 10.7. The van der Waals surface area contributed by atoms with Crippen molar-refractivity contribution in [2.24, 2.45) is 0 Å². The first-order valence-electron chi connectivity index (χ1n) is 5.97. The van der Waals surface area contributed by atoms with Gasteiger partial charge in [-0.3, -0.25) is 0 Å². The predicted octanol–water partition coefficient (Wildman–Crippen LogP) is 1.95. The maximum absolute atomic E-state index is 5.53. The Balaban J connectivity index is 1.93. The van der Waals surface area contributed by atoms with Gasteiger partial charge in [0.15, 0.2) is 0 Å². The lowest BCUT2D eigenvalue weighted by Gasteiger charge is -2.09. The Hall–Kier alpha value is -2.43. The molecule has 0 radical (unpaired) electrons. The summed E-state index contributed by atoms with van der Waals surface area (Å²) in [5, 5.41) is 4.20. The highest BCUT2D eigenvalue weighted by Gasteiger charge is 2.35. The van der Waals surface area contributed by atoms with Gasteiger partial charge < -0.3 is 9.31 Å². The first-order chi connectivity index (χ1) is 9.15. The highest BCUT2D eigenvalue weighted by atomic mass is 16.6. The second-order valence-electron chi connectivity index (χ2n) is 4.41. The van der Waals surface area contributed by atoms with Crippen molar-refractivity contribution in [1.29, 1.82) is 0 Å². The van der Waals surface area contributed by atoms with Crippen LogP contribution < -0.4 is 5.46 Å². The van der Waals surface area contributed by atoms with Crippen molar-refractivity contribution < 1.29 is 9.31 Å². The maximum Gasteiger partial charge on any atom is 0.633 e. The van der Waals surface area contributed by atoms with E-state index in [1.54, 1.807) is 6.20 Å². The van der Waals surface area contributed by atoms with E-state index in [9.17, 15) is 0 Å². The molecule has 0 aliphatic carbocycles. The molecule has 3 rings (SSSR count). The molecule has 0 unspecified atom stereocenters. The van der Waals surface area contributed by atoms with Gasteiger partial charge in [-0.15, -0.1) is 0 Å². The molecule has 5 heteroatoms. The standard InChI is InChI=1S/C14H13BN2O2/c1-10-9-13(17-8-4-7-16-17)5-6-14(10)15-18-11(2)12(3)19-15/h4-9H,2-3H2,1H3. The van der Waals surface area contributed by atoms with Crippen LogP contribution in [0.5, 0.6) is 0 Å². The topological polar surface area (TPSA) is 36.3 Å². The molecule has 1 aliphatic heterocycles. The fourth-order valence-electron chi connectivity index (χ4n) is 2.03. The van der Waals surface area contributed by atoms with Crippen molar-refractivity contribution in [3.8, 4) is 5.69 Å². The van der Waals surface area contributed by atoms with E-state index in [1.807, 2.05) is 42.1 Å². The third-order valence-corrected chi connectivity index (χ3v) is 3.09. The van der Waals surface area contributed by atoms with Crippen LogP contribution in [-0.2, 0) is 9.31 Å². The van der Waals surface area contributed by atoms with E-state index in [-0.39, 0.29) is 0 Å². The van der Waals surface area contributed by atoms with E-state index in [4.69, 9.17) is 9.31 Å². The van der Waals surface area contributed by atoms with Gasteiger partial charge >= 0.3 is 7.12 Å². The summed E-state index contributed by atoms with van der Waals surface area (Å²) in [6.07, 6.45) is 3.65. The van der Waals surface area contributed by atoms with Crippen LogP contribution in [-0.4, -0.2) is 16.9 Å². The lowest BCUT2D eigenvalue weighted by molar-refractivity contribution is 0.431. The lowest BCUT2D eigenvalue weighted by Crippen LogP contribution is -2.33. The second kappa shape index (κ2) is 4.35. The molecule has 0 spiro atoms. The fourth-order valence-corrected chi connectivity index (χ4v) is 2.03. The Morgan fingerprint density at radius 1 is 1.21 bits per heavy atom. The van der Waals surface area contributed by atoms with Crippen LogP contribution in [0, 0.1) is 6.92 Å². The van der Waals surface area contributed by atoms with Gasteiger partial charge in [-0.25, -0.2) is 4.68 Å². The van der Waals surface area contributed by atoms with Gasteiger partial charge in [0.05, 0.1) is 5.69 Å². The first-order valence-corrected chi connectivity index (χ1v) is 5.97. The summed E-state index contributed by atoms with van der Waals surface area (Å²) in [6, 6.07) is 7.88. The zero-order valence-electron chi connectivity index (χ0n) is 10.7. The molecule has 0 amide bonds. The summed E-state index contributed by atoms with van der Waals surface area (Å²) in [6.45, 7) is 9.49. The molecule has 0 bridgehead atoms. The van der Waals surface area contributed by atoms with Crippen LogP contribution in [0.15, 0.2) is 61.3 Å². The molecule has 1 aliphatic rings.